The van der Waals surface area contributed by atoms with Gasteiger partial charge < -0.3 is 9.47 Å². The Kier molecular flexibility index (Phi) is 5.24. The van der Waals surface area contributed by atoms with Crippen molar-refractivity contribution in [3.8, 4) is 0 Å². The van der Waals surface area contributed by atoms with Crippen molar-refractivity contribution in [3.05, 3.63) is 92.6 Å². The summed E-state index contributed by atoms with van der Waals surface area (Å²) in [7, 11) is 1.68. The lowest BCUT2D eigenvalue weighted by Crippen LogP contribution is -2.40. The molecule has 4 aromatic rings. The summed E-state index contributed by atoms with van der Waals surface area (Å²) >= 11 is 0. The summed E-state index contributed by atoms with van der Waals surface area (Å²) in [5.41, 5.74) is 3.47. The van der Waals surface area contributed by atoms with Crippen molar-refractivity contribution < 1.29 is 0 Å². The first-order valence-corrected chi connectivity index (χ1v) is 11.2. The van der Waals surface area contributed by atoms with E-state index in [1.165, 1.54) is 14.7 Å². The number of aromatic nitrogens is 4. The minimum absolute atomic E-state index is 0.202. The third-order valence-corrected chi connectivity index (χ3v) is 6.19. The average Bonchev–Trinajstić information content (AvgIpc) is 3.20. The molecule has 0 spiro atoms. The summed E-state index contributed by atoms with van der Waals surface area (Å²) in [5.74, 6) is 1.02. The molecular formula is C26H27N5O2. The van der Waals surface area contributed by atoms with Crippen LogP contribution in [0.2, 0.25) is 0 Å². The molecule has 1 aliphatic rings. The number of benzene rings is 2. The van der Waals surface area contributed by atoms with Crippen LogP contribution in [0, 0.1) is 12.8 Å². The number of nitrogens with zero attached hydrogens (tertiary/aromatic N) is 5. The van der Waals surface area contributed by atoms with E-state index in [0.29, 0.717) is 29.6 Å². The molecule has 0 bridgehead atoms. The van der Waals surface area contributed by atoms with Gasteiger partial charge in [0.15, 0.2) is 11.2 Å². The molecule has 1 unspecified atom stereocenters. The molecular weight excluding hydrogens is 414 g/mol. The molecule has 0 fully saturated rings. The molecule has 0 radical (unpaired) electrons. The Labute approximate surface area is 191 Å². The highest BCUT2D eigenvalue weighted by Gasteiger charge is 2.29. The summed E-state index contributed by atoms with van der Waals surface area (Å²) in [6.07, 6.45) is 3.77. The molecule has 168 valence electrons. The third kappa shape index (κ3) is 3.69. The molecule has 2 aromatic carbocycles. The van der Waals surface area contributed by atoms with Crippen LogP contribution in [0.25, 0.3) is 17.2 Å². The van der Waals surface area contributed by atoms with E-state index in [1.807, 2.05) is 47.1 Å². The van der Waals surface area contributed by atoms with Crippen LogP contribution in [0.1, 0.15) is 18.1 Å². The van der Waals surface area contributed by atoms with Gasteiger partial charge in [0, 0.05) is 32.4 Å². The average molecular weight is 442 g/mol. The molecule has 0 amide bonds. The zero-order valence-electron chi connectivity index (χ0n) is 19.1. The fraction of sp³-hybridized carbons (Fsp3) is 0.269. The summed E-state index contributed by atoms with van der Waals surface area (Å²) in [6, 6.07) is 18.1. The predicted octanol–water partition coefficient (Wildman–Crippen LogP) is 3.71. The first-order valence-electron chi connectivity index (χ1n) is 11.2. The van der Waals surface area contributed by atoms with E-state index in [0.717, 1.165) is 17.8 Å². The van der Waals surface area contributed by atoms with Crippen molar-refractivity contribution in [3.63, 3.8) is 0 Å². The first-order chi connectivity index (χ1) is 15.9. The van der Waals surface area contributed by atoms with Crippen LogP contribution in [0.4, 0.5) is 11.6 Å². The Morgan fingerprint density at radius 1 is 1.03 bits per heavy atom. The van der Waals surface area contributed by atoms with Crippen LogP contribution >= 0.6 is 0 Å². The largest absolute Gasteiger partial charge is 0.332 e. The lowest BCUT2D eigenvalue weighted by atomic mass is 10.1. The lowest BCUT2D eigenvalue weighted by molar-refractivity contribution is 0.458. The highest BCUT2D eigenvalue weighted by Crippen LogP contribution is 2.32. The van der Waals surface area contributed by atoms with Crippen LogP contribution in [0.5, 0.6) is 0 Å². The molecule has 0 aliphatic carbocycles. The second kappa shape index (κ2) is 8.24. The first kappa shape index (κ1) is 21.0. The number of anilines is 2. The van der Waals surface area contributed by atoms with Crippen molar-refractivity contribution >= 4 is 28.9 Å². The lowest BCUT2D eigenvalue weighted by Gasteiger charge is -2.33. The Hall–Kier alpha value is -3.87. The molecule has 3 heterocycles. The topological polar surface area (TPSA) is 65.1 Å². The Morgan fingerprint density at radius 2 is 1.76 bits per heavy atom. The maximum atomic E-state index is 13.5. The number of rotatable bonds is 4. The van der Waals surface area contributed by atoms with Gasteiger partial charge in [0.2, 0.25) is 5.95 Å². The smallest absolute Gasteiger partial charge is 0.312 e. The molecule has 5 rings (SSSR count). The monoisotopic (exact) mass is 441 g/mol. The molecule has 0 N–H and O–H groups in total. The zero-order chi connectivity index (χ0) is 23.1. The minimum atomic E-state index is -0.365. The number of fused-ring (bicyclic) bond motifs is 3. The van der Waals surface area contributed by atoms with E-state index in [4.69, 9.17) is 4.98 Å². The van der Waals surface area contributed by atoms with E-state index in [-0.39, 0.29) is 17.8 Å². The van der Waals surface area contributed by atoms with Crippen LogP contribution in [-0.4, -0.2) is 25.2 Å². The van der Waals surface area contributed by atoms with Crippen molar-refractivity contribution in [2.75, 3.05) is 11.4 Å². The van der Waals surface area contributed by atoms with Crippen LogP contribution in [0.3, 0.4) is 0 Å². The summed E-state index contributed by atoms with van der Waals surface area (Å²) in [5, 5.41) is 0. The summed E-state index contributed by atoms with van der Waals surface area (Å²) in [4.78, 5) is 33.5. The van der Waals surface area contributed by atoms with Gasteiger partial charge in [-0.25, -0.2) is 4.79 Å². The highest BCUT2D eigenvalue weighted by atomic mass is 16.2. The van der Waals surface area contributed by atoms with E-state index < -0.39 is 0 Å². The second-order valence-corrected chi connectivity index (χ2v) is 8.82. The minimum Gasteiger partial charge on any atom is -0.312 e. The zero-order valence-corrected chi connectivity index (χ0v) is 19.1. The fourth-order valence-electron chi connectivity index (χ4n) is 4.47. The van der Waals surface area contributed by atoms with Gasteiger partial charge in [0.25, 0.3) is 5.56 Å². The van der Waals surface area contributed by atoms with Crippen molar-refractivity contribution in [1.82, 2.24) is 18.7 Å². The molecule has 7 nitrogen and oxygen atoms in total. The van der Waals surface area contributed by atoms with Crippen LogP contribution < -0.4 is 16.1 Å². The summed E-state index contributed by atoms with van der Waals surface area (Å²) in [6.45, 7) is 5.91. The van der Waals surface area contributed by atoms with Gasteiger partial charge in [0.05, 0.1) is 0 Å². The van der Waals surface area contributed by atoms with E-state index >= 15 is 0 Å². The van der Waals surface area contributed by atoms with E-state index in [1.54, 1.807) is 7.05 Å². The number of allylic oxidation sites excluding steroid dienone is 1. The molecule has 0 saturated carbocycles. The van der Waals surface area contributed by atoms with Gasteiger partial charge in [-0.3, -0.25) is 13.9 Å². The molecule has 1 atom stereocenters. The molecule has 33 heavy (non-hydrogen) atoms. The Balaban J connectivity index is 1.63. The quantitative estimate of drug-likeness (QED) is 0.484. The fourth-order valence-corrected chi connectivity index (χ4v) is 4.47. The van der Waals surface area contributed by atoms with E-state index in [2.05, 4.69) is 43.0 Å². The van der Waals surface area contributed by atoms with Gasteiger partial charge in [-0.15, -0.1) is 0 Å². The van der Waals surface area contributed by atoms with Crippen LogP contribution in [0.15, 0.2) is 70.3 Å². The number of imidazole rings is 1. The van der Waals surface area contributed by atoms with E-state index in [9.17, 15) is 9.59 Å². The Bertz CT molecular complexity index is 1460. The third-order valence-electron chi connectivity index (χ3n) is 6.19. The van der Waals surface area contributed by atoms with Crippen molar-refractivity contribution in [2.45, 2.75) is 26.9 Å². The van der Waals surface area contributed by atoms with Crippen molar-refractivity contribution in [1.29, 1.82) is 0 Å². The SMILES string of the molecule is Cc1ccc(N2CC(C)Cn3c2nc2c3c(=O)n(C/C=C/c3ccccc3)c(=O)n2C)cc1. The second-order valence-electron chi connectivity index (χ2n) is 8.82. The molecule has 2 aromatic heterocycles. The normalized spacial score (nSPS) is 16.0. The maximum absolute atomic E-state index is 13.5. The van der Waals surface area contributed by atoms with Gasteiger partial charge in [-0.2, -0.15) is 4.98 Å². The van der Waals surface area contributed by atoms with Gasteiger partial charge in [-0.1, -0.05) is 67.1 Å². The molecule has 1 aliphatic heterocycles. The summed E-state index contributed by atoms with van der Waals surface area (Å²) < 4.78 is 4.74. The number of aryl methyl sites for hydroxylation is 2. The highest BCUT2D eigenvalue weighted by molar-refractivity contribution is 5.77. The van der Waals surface area contributed by atoms with Gasteiger partial charge in [-0.05, 0) is 30.5 Å². The van der Waals surface area contributed by atoms with Crippen LogP contribution in [-0.2, 0) is 20.1 Å². The standard InChI is InChI=1S/C26H27N5O2/c1-18-11-13-21(14-12-18)30-16-19(2)17-31-22-23(27-25(30)31)28(3)26(33)29(24(22)32)15-7-10-20-8-5-4-6-9-20/h4-14,19H,15-17H2,1-3H3/b10-7+. The van der Waals surface area contributed by atoms with Gasteiger partial charge in [0.1, 0.15) is 0 Å². The van der Waals surface area contributed by atoms with Gasteiger partial charge >= 0.3 is 5.69 Å². The Morgan fingerprint density at radius 3 is 2.48 bits per heavy atom. The predicted molar refractivity (Wildman–Crippen MR) is 132 cm³/mol. The molecule has 7 heteroatoms. The maximum Gasteiger partial charge on any atom is 0.332 e. The number of hydrogen-bond acceptors (Lipinski definition) is 4. The number of hydrogen-bond donors (Lipinski definition) is 0. The van der Waals surface area contributed by atoms with Crippen molar-refractivity contribution in [2.24, 2.45) is 13.0 Å². The molecule has 0 saturated heterocycles.